The highest BCUT2D eigenvalue weighted by Gasteiger charge is 2.33. The highest BCUT2D eigenvalue weighted by Crippen LogP contribution is 2.23. The molecular formula is C16H24N2O3S. The van der Waals surface area contributed by atoms with Gasteiger partial charge >= 0.3 is 0 Å². The maximum Gasteiger partial charge on any atom is 0.246 e. The maximum absolute atomic E-state index is 12.7. The Morgan fingerprint density at radius 2 is 1.95 bits per heavy atom. The van der Waals surface area contributed by atoms with Crippen molar-refractivity contribution in [3.63, 3.8) is 0 Å². The molecular weight excluding hydrogens is 300 g/mol. The van der Waals surface area contributed by atoms with Gasteiger partial charge in [0.15, 0.2) is 0 Å². The third kappa shape index (κ3) is 3.80. The van der Waals surface area contributed by atoms with Crippen molar-refractivity contribution in [3.05, 3.63) is 30.3 Å². The van der Waals surface area contributed by atoms with Gasteiger partial charge in [-0.25, -0.2) is 8.42 Å². The van der Waals surface area contributed by atoms with Gasteiger partial charge in [0.25, 0.3) is 0 Å². The van der Waals surface area contributed by atoms with Gasteiger partial charge in [0, 0.05) is 13.1 Å². The van der Waals surface area contributed by atoms with Gasteiger partial charge in [0.05, 0.1) is 11.9 Å². The van der Waals surface area contributed by atoms with Crippen molar-refractivity contribution in [2.45, 2.75) is 32.7 Å². The fourth-order valence-electron chi connectivity index (χ4n) is 3.03. The number of sulfonamides is 1. The molecule has 122 valence electrons. The first-order valence-corrected chi connectivity index (χ1v) is 9.49. The van der Waals surface area contributed by atoms with Crippen molar-refractivity contribution in [3.8, 4) is 0 Å². The Kier molecular flexibility index (Phi) is 5.11. The molecule has 1 amide bonds. The first-order valence-electron chi connectivity index (χ1n) is 7.64. The molecule has 1 saturated heterocycles. The van der Waals surface area contributed by atoms with Gasteiger partial charge in [0.2, 0.25) is 15.9 Å². The molecule has 1 aromatic rings. The number of anilines is 1. The monoisotopic (exact) mass is 324 g/mol. The molecule has 0 bridgehead atoms. The molecule has 0 unspecified atom stereocenters. The largest absolute Gasteiger partial charge is 0.341 e. The second-order valence-electron chi connectivity index (χ2n) is 6.10. The predicted octanol–water partition coefficient (Wildman–Crippen LogP) is 2.10. The Labute approximate surface area is 133 Å². The topological polar surface area (TPSA) is 57.7 Å². The Balaban J connectivity index is 2.26. The summed E-state index contributed by atoms with van der Waals surface area (Å²) in [7, 11) is -3.53. The van der Waals surface area contributed by atoms with Crippen molar-refractivity contribution >= 4 is 21.6 Å². The molecule has 1 aromatic carbocycles. The van der Waals surface area contributed by atoms with Crippen molar-refractivity contribution in [2.75, 3.05) is 23.7 Å². The molecule has 2 rings (SSSR count). The zero-order chi connectivity index (χ0) is 16.3. The van der Waals surface area contributed by atoms with Crippen LogP contribution in [0.4, 0.5) is 5.69 Å². The third-order valence-electron chi connectivity index (χ3n) is 4.05. The van der Waals surface area contributed by atoms with E-state index in [-0.39, 0.29) is 5.91 Å². The number of benzene rings is 1. The van der Waals surface area contributed by atoms with E-state index in [9.17, 15) is 13.2 Å². The number of carbonyl (C=O) groups excluding carboxylic acids is 1. The summed E-state index contributed by atoms with van der Waals surface area (Å²) in [4.78, 5) is 14.5. The summed E-state index contributed by atoms with van der Waals surface area (Å²) in [6, 6.07) is 8.06. The van der Waals surface area contributed by atoms with E-state index in [1.54, 1.807) is 36.1 Å². The van der Waals surface area contributed by atoms with Gasteiger partial charge in [-0.05, 0) is 37.8 Å². The number of likely N-dealkylation sites (tertiary alicyclic amines) is 1. The average molecular weight is 324 g/mol. The number of para-hydroxylation sites is 1. The number of piperidine rings is 1. The van der Waals surface area contributed by atoms with Crippen molar-refractivity contribution in [1.29, 1.82) is 0 Å². The maximum atomic E-state index is 12.7. The van der Waals surface area contributed by atoms with E-state index in [1.807, 2.05) is 6.07 Å². The first kappa shape index (κ1) is 16.8. The van der Waals surface area contributed by atoms with Crippen LogP contribution < -0.4 is 4.31 Å². The Morgan fingerprint density at radius 1 is 1.32 bits per heavy atom. The van der Waals surface area contributed by atoms with Crippen LogP contribution in [0.3, 0.4) is 0 Å². The van der Waals surface area contributed by atoms with E-state index in [0.29, 0.717) is 24.7 Å². The molecule has 0 spiro atoms. The van der Waals surface area contributed by atoms with E-state index in [0.717, 1.165) is 19.1 Å². The van der Waals surface area contributed by atoms with E-state index < -0.39 is 16.1 Å². The van der Waals surface area contributed by atoms with Crippen LogP contribution in [0, 0.1) is 5.92 Å². The Bertz CT molecular complexity index is 616. The number of hydrogen-bond acceptors (Lipinski definition) is 3. The van der Waals surface area contributed by atoms with E-state index in [4.69, 9.17) is 0 Å². The minimum absolute atomic E-state index is 0.124. The van der Waals surface area contributed by atoms with Crippen LogP contribution in [0.5, 0.6) is 0 Å². The molecule has 1 fully saturated rings. The van der Waals surface area contributed by atoms with Crippen molar-refractivity contribution in [1.82, 2.24) is 4.90 Å². The Morgan fingerprint density at radius 3 is 2.50 bits per heavy atom. The van der Waals surface area contributed by atoms with Crippen molar-refractivity contribution < 1.29 is 13.2 Å². The number of rotatable bonds is 4. The molecule has 0 N–H and O–H groups in total. The quantitative estimate of drug-likeness (QED) is 0.852. The van der Waals surface area contributed by atoms with Crippen LogP contribution in [0.25, 0.3) is 0 Å². The second-order valence-corrected chi connectivity index (χ2v) is 7.96. The summed E-state index contributed by atoms with van der Waals surface area (Å²) in [5.74, 6) is 0.342. The van der Waals surface area contributed by atoms with Gasteiger partial charge in [-0.1, -0.05) is 25.1 Å². The standard InChI is InChI=1S/C16H24N2O3S/c1-13-8-7-11-17(12-13)16(19)14(2)18(22(3,20)21)15-9-5-4-6-10-15/h4-6,9-10,13-14H,7-8,11-12H2,1-3H3/t13-,14-/m0/s1. The molecule has 0 saturated carbocycles. The molecule has 0 aliphatic carbocycles. The minimum Gasteiger partial charge on any atom is -0.341 e. The van der Waals surface area contributed by atoms with Crippen LogP contribution >= 0.6 is 0 Å². The lowest BCUT2D eigenvalue weighted by Gasteiger charge is -2.36. The molecule has 1 heterocycles. The smallest absolute Gasteiger partial charge is 0.246 e. The zero-order valence-corrected chi connectivity index (χ0v) is 14.2. The van der Waals surface area contributed by atoms with Crippen LogP contribution in [-0.4, -0.2) is 44.6 Å². The van der Waals surface area contributed by atoms with Crippen LogP contribution in [-0.2, 0) is 14.8 Å². The predicted molar refractivity (Wildman–Crippen MR) is 88.2 cm³/mol. The van der Waals surface area contributed by atoms with Gasteiger partial charge in [-0.2, -0.15) is 0 Å². The summed E-state index contributed by atoms with van der Waals surface area (Å²) in [5, 5.41) is 0. The number of hydrogen-bond donors (Lipinski definition) is 0. The zero-order valence-electron chi connectivity index (χ0n) is 13.4. The van der Waals surface area contributed by atoms with Gasteiger partial charge in [-0.15, -0.1) is 0 Å². The van der Waals surface area contributed by atoms with Crippen LogP contribution in [0.2, 0.25) is 0 Å². The van der Waals surface area contributed by atoms with Crippen molar-refractivity contribution in [2.24, 2.45) is 5.92 Å². The SMILES string of the molecule is C[C@H]1CCCN(C(=O)[C@H](C)N(c2ccccc2)S(C)(=O)=O)C1. The fourth-order valence-corrected chi connectivity index (χ4v) is 4.20. The van der Waals surface area contributed by atoms with Gasteiger partial charge in [0.1, 0.15) is 6.04 Å². The molecule has 2 atom stereocenters. The summed E-state index contributed by atoms with van der Waals surface area (Å²) >= 11 is 0. The average Bonchev–Trinajstić information content (AvgIpc) is 2.46. The van der Waals surface area contributed by atoms with E-state index in [1.165, 1.54) is 4.31 Å². The lowest BCUT2D eigenvalue weighted by atomic mass is 10.00. The van der Waals surface area contributed by atoms with E-state index in [2.05, 4.69) is 6.92 Å². The number of amides is 1. The molecule has 0 aromatic heterocycles. The van der Waals surface area contributed by atoms with E-state index >= 15 is 0 Å². The highest BCUT2D eigenvalue weighted by atomic mass is 32.2. The lowest BCUT2D eigenvalue weighted by molar-refractivity contribution is -0.133. The number of nitrogens with zero attached hydrogens (tertiary/aromatic N) is 2. The highest BCUT2D eigenvalue weighted by molar-refractivity contribution is 7.92. The molecule has 0 radical (unpaired) electrons. The minimum atomic E-state index is -3.53. The molecule has 6 heteroatoms. The van der Waals surface area contributed by atoms with Gasteiger partial charge in [-0.3, -0.25) is 9.10 Å². The van der Waals surface area contributed by atoms with Crippen LogP contribution in [0.15, 0.2) is 30.3 Å². The summed E-state index contributed by atoms with van der Waals surface area (Å²) in [6.07, 6.45) is 3.24. The lowest BCUT2D eigenvalue weighted by Crippen LogP contribution is -2.51. The normalized spacial score (nSPS) is 20.5. The summed E-state index contributed by atoms with van der Waals surface area (Å²) in [5.41, 5.74) is 0.524. The second kappa shape index (κ2) is 6.69. The van der Waals surface area contributed by atoms with Gasteiger partial charge < -0.3 is 4.90 Å². The van der Waals surface area contributed by atoms with Crippen LogP contribution in [0.1, 0.15) is 26.7 Å². The number of carbonyl (C=O) groups is 1. The molecule has 1 aliphatic heterocycles. The molecule has 22 heavy (non-hydrogen) atoms. The molecule has 1 aliphatic rings. The fraction of sp³-hybridized carbons (Fsp3) is 0.562. The first-order chi connectivity index (χ1) is 10.3. The third-order valence-corrected chi connectivity index (χ3v) is 5.29. The summed E-state index contributed by atoms with van der Waals surface area (Å²) in [6.45, 7) is 5.20. The summed E-state index contributed by atoms with van der Waals surface area (Å²) < 4.78 is 25.6. The molecule has 5 nitrogen and oxygen atoms in total. The Hall–Kier alpha value is -1.56.